The van der Waals surface area contributed by atoms with E-state index in [1.165, 1.54) is 12.1 Å². The highest BCUT2D eigenvalue weighted by molar-refractivity contribution is 7.90. The van der Waals surface area contributed by atoms with Crippen molar-refractivity contribution in [2.24, 2.45) is 0 Å². The lowest BCUT2D eigenvalue weighted by molar-refractivity contribution is -0.384. The fraction of sp³-hybridized carbons (Fsp3) is 0.250. The van der Waals surface area contributed by atoms with Gasteiger partial charge in [0.15, 0.2) is 21.3 Å². The molecule has 1 aliphatic heterocycles. The summed E-state index contributed by atoms with van der Waals surface area (Å²) in [5.74, 6) is 1.27. The van der Waals surface area contributed by atoms with Crippen LogP contribution in [0.15, 0.2) is 47.4 Å². The molecule has 8 nitrogen and oxygen atoms in total. The molecule has 0 bridgehead atoms. The summed E-state index contributed by atoms with van der Waals surface area (Å²) in [6.07, 6.45) is 0.674. The maximum Gasteiger partial charge on any atom is 0.293 e. The van der Waals surface area contributed by atoms with E-state index in [0.29, 0.717) is 18.1 Å². The van der Waals surface area contributed by atoms with Gasteiger partial charge < -0.3 is 14.8 Å². The zero-order valence-electron chi connectivity index (χ0n) is 13.3. The van der Waals surface area contributed by atoms with Crippen molar-refractivity contribution in [3.05, 3.63) is 52.6 Å². The Kier molecular flexibility index (Phi) is 4.49. The van der Waals surface area contributed by atoms with E-state index in [0.717, 1.165) is 12.3 Å². The molecule has 1 heterocycles. The lowest BCUT2D eigenvalue weighted by atomic mass is 10.2. The predicted molar refractivity (Wildman–Crippen MR) is 91.0 cm³/mol. The molecule has 0 spiro atoms. The lowest BCUT2D eigenvalue weighted by Crippen LogP contribution is -2.35. The molecule has 0 fully saturated rings. The summed E-state index contributed by atoms with van der Waals surface area (Å²) in [5, 5.41) is 14.2. The van der Waals surface area contributed by atoms with Gasteiger partial charge in [-0.15, -0.1) is 0 Å². The van der Waals surface area contributed by atoms with E-state index in [2.05, 4.69) is 5.32 Å². The first-order valence-corrected chi connectivity index (χ1v) is 9.34. The van der Waals surface area contributed by atoms with Gasteiger partial charge in [-0.25, -0.2) is 8.42 Å². The van der Waals surface area contributed by atoms with E-state index in [1.807, 2.05) is 12.1 Å². The summed E-state index contributed by atoms with van der Waals surface area (Å²) in [7, 11) is -3.52. The second kappa shape index (κ2) is 6.60. The van der Waals surface area contributed by atoms with Gasteiger partial charge in [0.1, 0.15) is 18.4 Å². The van der Waals surface area contributed by atoms with E-state index in [4.69, 9.17) is 9.47 Å². The van der Waals surface area contributed by atoms with Crippen molar-refractivity contribution < 1.29 is 22.8 Å². The number of nitrogens with one attached hydrogen (secondary N) is 1. The van der Waals surface area contributed by atoms with Gasteiger partial charge in [-0.05, 0) is 24.3 Å². The third kappa shape index (κ3) is 3.82. The van der Waals surface area contributed by atoms with Crippen molar-refractivity contribution in [2.45, 2.75) is 11.0 Å². The van der Waals surface area contributed by atoms with Crippen molar-refractivity contribution in [1.82, 2.24) is 0 Å². The van der Waals surface area contributed by atoms with Crippen LogP contribution >= 0.6 is 0 Å². The summed E-state index contributed by atoms with van der Waals surface area (Å²) < 4.78 is 34.5. The van der Waals surface area contributed by atoms with Crippen LogP contribution in [0.1, 0.15) is 0 Å². The maximum absolute atomic E-state index is 11.6. The molecule has 25 heavy (non-hydrogen) atoms. The monoisotopic (exact) mass is 364 g/mol. The molecule has 1 aliphatic rings. The second-order valence-corrected chi connectivity index (χ2v) is 7.60. The highest BCUT2D eigenvalue weighted by atomic mass is 32.2. The van der Waals surface area contributed by atoms with Gasteiger partial charge in [-0.3, -0.25) is 10.1 Å². The zero-order chi connectivity index (χ0) is 18.0. The normalized spacial score (nSPS) is 16.3. The Bertz CT molecular complexity index is 913. The van der Waals surface area contributed by atoms with Crippen LogP contribution in [-0.4, -0.2) is 38.9 Å². The van der Waals surface area contributed by atoms with Crippen molar-refractivity contribution in [3.63, 3.8) is 0 Å². The quantitative estimate of drug-likeness (QED) is 0.640. The van der Waals surface area contributed by atoms with E-state index in [9.17, 15) is 18.5 Å². The number of nitro benzene ring substituents is 1. The third-order valence-corrected chi connectivity index (χ3v) is 4.79. The van der Waals surface area contributed by atoms with Crippen LogP contribution in [-0.2, 0) is 9.84 Å². The zero-order valence-corrected chi connectivity index (χ0v) is 14.2. The standard InChI is InChI=1S/C16H16N2O6S/c1-25(21,22)12-6-7-13(14(8-12)18(19)20)17-9-11-10-23-15-4-2-3-5-16(15)24-11/h2-8,11,17H,9-10H2,1H3/t11-/m1/s1. The van der Waals surface area contributed by atoms with E-state index < -0.39 is 14.8 Å². The van der Waals surface area contributed by atoms with Crippen molar-refractivity contribution >= 4 is 21.2 Å². The van der Waals surface area contributed by atoms with Gasteiger partial charge in [0.2, 0.25) is 0 Å². The number of rotatable bonds is 5. The molecular formula is C16H16N2O6S. The molecule has 0 saturated heterocycles. The molecule has 0 radical (unpaired) electrons. The van der Waals surface area contributed by atoms with Crippen LogP contribution in [0.25, 0.3) is 0 Å². The van der Waals surface area contributed by atoms with Gasteiger partial charge in [0.25, 0.3) is 5.69 Å². The summed E-state index contributed by atoms with van der Waals surface area (Å²) >= 11 is 0. The number of anilines is 1. The van der Waals surface area contributed by atoms with Crippen LogP contribution in [0.5, 0.6) is 11.5 Å². The van der Waals surface area contributed by atoms with Crippen molar-refractivity contribution in [1.29, 1.82) is 0 Å². The van der Waals surface area contributed by atoms with Crippen molar-refractivity contribution in [3.8, 4) is 11.5 Å². The highest BCUT2D eigenvalue weighted by Gasteiger charge is 2.23. The SMILES string of the molecule is CS(=O)(=O)c1ccc(NC[C@@H]2COc3ccccc3O2)c([N+](=O)[O-])c1. The minimum Gasteiger partial charge on any atom is -0.486 e. The first-order chi connectivity index (χ1) is 11.8. The van der Waals surface area contributed by atoms with E-state index >= 15 is 0 Å². The Hall–Kier alpha value is -2.81. The Morgan fingerprint density at radius 3 is 2.64 bits per heavy atom. The molecule has 3 rings (SSSR count). The molecule has 0 amide bonds. The minimum absolute atomic E-state index is 0.101. The molecule has 1 atom stereocenters. The molecule has 132 valence electrons. The van der Waals surface area contributed by atoms with E-state index in [-0.39, 0.29) is 28.9 Å². The predicted octanol–water partition coefficient (Wildman–Crippen LogP) is 2.25. The molecule has 0 unspecified atom stereocenters. The number of fused-ring (bicyclic) bond motifs is 1. The number of nitrogens with zero attached hydrogens (tertiary/aromatic N) is 1. The molecule has 0 saturated carbocycles. The number of nitro groups is 1. The van der Waals surface area contributed by atoms with Crippen molar-refractivity contribution in [2.75, 3.05) is 24.7 Å². The van der Waals surface area contributed by atoms with Crippen LogP contribution in [0.4, 0.5) is 11.4 Å². The largest absolute Gasteiger partial charge is 0.486 e. The number of ether oxygens (including phenoxy) is 2. The van der Waals surface area contributed by atoms with Crippen LogP contribution in [0.2, 0.25) is 0 Å². The molecule has 2 aromatic carbocycles. The molecule has 2 aromatic rings. The average Bonchev–Trinajstić information content (AvgIpc) is 2.58. The average molecular weight is 364 g/mol. The second-order valence-electron chi connectivity index (χ2n) is 5.59. The first kappa shape index (κ1) is 17.0. The Balaban J connectivity index is 1.74. The number of sulfone groups is 1. The number of hydrogen-bond donors (Lipinski definition) is 1. The fourth-order valence-corrected chi connectivity index (χ4v) is 3.07. The van der Waals surface area contributed by atoms with Crippen LogP contribution in [0, 0.1) is 10.1 Å². The first-order valence-electron chi connectivity index (χ1n) is 7.45. The smallest absolute Gasteiger partial charge is 0.293 e. The summed E-state index contributed by atoms with van der Waals surface area (Å²) in [5.41, 5.74) is -0.0834. The van der Waals surface area contributed by atoms with Gasteiger partial charge in [-0.1, -0.05) is 12.1 Å². The number of benzene rings is 2. The maximum atomic E-state index is 11.6. The highest BCUT2D eigenvalue weighted by Crippen LogP contribution is 2.32. The number of para-hydroxylation sites is 2. The van der Waals surface area contributed by atoms with Gasteiger partial charge in [-0.2, -0.15) is 0 Å². The van der Waals surface area contributed by atoms with Gasteiger partial charge in [0, 0.05) is 12.3 Å². The van der Waals surface area contributed by atoms with Crippen LogP contribution in [0.3, 0.4) is 0 Å². The molecule has 9 heteroatoms. The van der Waals surface area contributed by atoms with Gasteiger partial charge >= 0.3 is 0 Å². The Morgan fingerprint density at radius 1 is 1.24 bits per heavy atom. The van der Waals surface area contributed by atoms with E-state index in [1.54, 1.807) is 12.1 Å². The lowest BCUT2D eigenvalue weighted by Gasteiger charge is -2.26. The molecule has 0 aromatic heterocycles. The fourth-order valence-electron chi connectivity index (χ4n) is 2.43. The van der Waals surface area contributed by atoms with Crippen LogP contribution < -0.4 is 14.8 Å². The minimum atomic E-state index is -3.52. The number of hydrogen-bond acceptors (Lipinski definition) is 7. The molecular weight excluding hydrogens is 348 g/mol. The Morgan fingerprint density at radius 2 is 1.96 bits per heavy atom. The molecule has 1 N–H and O–H groups in total. The van der Waals surface area contributed by atoms with Gasteiger partial charge in [0.05, 0.1) is 16.4 Å². The summed E-state index contributed by atoms with van der Waals surface area (Å²) in [6.45, 7) is 0.576. The molecule has 0 aliphatic carbocycles. The summed E-state index contributed by atoms with van der Waals surface area (Å²) in [4.78, 5) is 10.5. The topological polar surface area (TPSA) is 108 Å². The Labute approximate surface area is 144 Å². The third-order valence-electron chi connectivity index (χ3n) is 3.68. The summed E-state index contributed by atoms with van der Waals surface area (Å²) in [6, 6.07) is 11.0.